The van der Waals surface area contributed by atoms with Gasteiger partial charge in [-0.1, -0.05) is 30.3 Å². The number of rotatable bonds is 5. The number of nitrogens with one attached hydrogen (secondary N) is 1. The molecule has 0 spiro atoms. The molecule has 3 aromatic rings. The topological polar surface area (TPSA) is 74.8 Å². The molecule has 1 aliphatic heterocycles. The molecule has 0 saturated carbocycles. The molecule has 0 bridgehead atoms. The highest BCUT2D eigenvalue weighted by Gasteiger charge is 2.22. The van der Waals surface area contributed by atoms with E-state index < -0.39 is 0 Å². The highest BCUT2D eigenvalue weighted by atomic mass is 16.5. The molecule has 0 unspecified atom stereocenters. The standard InChI is InChI=1S/C26H28N4O3/c1-18-21(10-11-22(27-18)19-7-5-4-6-8-19)25(31)28-23-17-20(9-12-24(23)33-3)26(32)30-15-13-29(2)14-16-30/h4-12,17H,13-16H2,1-3H3,(H,28,31). The van der Waals surface area contributed by atoms with Gasteiger partial charge in [-0.25, -0.2) is 0 Å². The van der Waals surface area contributed by atoms with E-state index in [1.54, 1.807) is 24.3 Å². The van der Waals surface area contributed by atoms with Gasteiger partial charge in [-0.15, -0.1) is 0 Å². The molecule has 0 radical (unpaired) electrons. The van der Waals surface area contributed by atoms with Gasteiger partial charge in [0.15, 0.2) is 0 Å². The second kappa shape index (κ2) is 9.83. The zero-order valence-electron chi connectivity index (χ0n) is 19.2. The highest BCUT2D eigenvalue weighted by molar-refractivity contribution is 6.06. The lowest BCUT2D eigenvalue weighted by Crippen LogP contribution is -2.47. The Labute approximate surface area is 194 Å². The van der Waals surface area contributed by atoms with E-state index in [-0.39, 0.29) is 11.8 Å². The van der Waals surface area contributed by atoms with Gasteiger partial charge in [-0.3, -0.25) is 14.6 Å². The number of ether oxygens (including phenoxy) is 1. The first-order valence-electron chi connectivity index (χ1n) is 11.0. The Morgan fingerprint density at radius 3 is 2.36 bits per heavy atom. The number of aryl methyl sites for hydroxylation is 1. The normalized spacial score (nSPS) is 14.1. The van der Waals surface area contributed by atoms with Crippen LogP contribution in [0.4, 0.5) is 5.69 Å². The van der Waals surface area contributed by atoms with Gasteiger partial charge in [0.05, 0.1) is 29.7 Å². The van der Waals surface area contributed by atoms with Crippen LogP contribution in [0.25, 0.3) is 11.3 Å². The van der Waals surface area contributed by atoms with Crippen molar-refractivity contribution in [1.82, 2.24) is 14.8 Å². The highest BCUT2D eigenvalue weighted by Crippen LogP contribution is 2.27. The maximum absolute atomic E-state index is 13.1. The SMILES string of the molecule is COc1ccc(C(=O)N2CCN(C)CC2)cc1NC(=O)c1ccc(-c2ccccc2)nc1C. The van der Waals surface area contributed by atoms with Crippen LogP contribution < -0.4 is 10.1 Å². The van der Waals surface area contributed by atoms with Crippen LogP contribution in [0.2, 0.25) is 0 Å². The van der Waals surface area contributed by atoms with Crippen molar-refractivity contribution >= 4 is 17.5 Å². The minimum absolute atomic E-state index is 0.0497. The van der Waals surface area contributed by atoms with Crippen molar-refractivity contribution in [2.75, 3.05) is 45.7 Å². The molecule has 1 saturated heterocycles. The summed E-state index contributed by atoms with van der Waals surface area (Å²) in [5, 5.41) is 2.90. The third kappa shape index (κ3) is 5.04. The van der Waals surface area contributed by atoms with Crippen molar-refractivity contribution in [1.29, 1.82) is 0 Å². The summed E-state index contributed by atoms with van der Waals surface area (Å²) in [4.78, 5) is 34.7. The Morgan fingerprint density at radius 1 is 0.970 bits per heavy atom. The van der Waals surface area contributed by atoms with Gasteiger partial charge in [-0.2, -0.15) is 0 Å². The number of anilines is 1. The molecule has 1 N–H and O–H groups in total. The lowest BCUT2D eigenvalue weighted by Gasteiger charge is -2.32. The van der Waals surface area contributed by atoms with Crippen LogP contribution >= 0.6 is 0 Å². The van der Waals surface area contributed by atoms with Crippen molar-refractivity contribution < 1.29 is 14.3 Å². The van der Waals surface area contributed by atoms with Gasteiger partial charge < -0.3 is 19.9 Å². The number of likely N-dealkylation sites (N-methyl/N-ethyl adjacent to an activating group) is 1. The quantitative estimate of drug-likeness (QED) is 0.650. The molecule has 1 aromatic heterocycles. The fraction of sp³-hybridized carbons (Fsp3) is 0.269. The minimum atomic E-state index is -0.304. The Kier molecular flexibility index (Phi) is 6.70. The van der Waals surface area contributed by atoms with Gasteiger partial charge in [0.25, 0.3) is 11.8 Å². The van der Waals surface area contributed by atoms with Crippen molar-refractivity contribution in [3.05, 3.63) is 77.5 Å². The minimum Gasteiger partial charge on any atom is -0.495 e. The fourth-order valence-corrected chi connectivity index (χ4v) is 3.89. The summed E-state index contributed by atoms with van der Waals surface area (Å²) < 4.78 is 5.42. The number of carbonyl (C=O) groups is 2. The predicted octanol–water partition coefficient (Wildman–Crippen LogP) is 3.71. The number of carbonyl (C=O) groups excluding carboxylic acids is 2. The van der Waals surface area contributed by atoms with Crippen LogP contribution in [0.5, 0.6) is 5.75 Å². The Balaban J connectivity index is 1.55. The van der Waals surface area contributed by atoms with Gasteiger partial charge >= 0.3 is 0 Å². The zero-order valence-corrected chi connectivity index (χ0v) is 19.2. The maximum Gasteiger partial charge on any atom is 0.257 e. The smallest absolute Gasteiger partial charge is 0.257 e. The number of benzene rings is 2. The summed E-state index contributed by atoms with van der Waals surface area (Å²) in [6.45, 7) is 4.86. The van der Waals surface area contributed by atoms with Crippen LogP contribution in [0.15, 0.2) is 60.7 Å². The van der Waals surface area contributed by atoms with Gasteiger partial charge in [0.2, 0.25) is 0 Å². The second-order valence-electron chi connectivity index (χ2n) is 8.16. The molecule has 1 fully saturated rings. The largest absolute Gasteiger partial charge is 0.495 e. The van der Waals surface area contributed by atoms with E-state index in [4.69, 9.17) is 4.74 Å². The van der Waals surface area contributed by atoms with Crippen molar-refractivity contribution in [2.24, 2.45) is 0 Å². The van der Waals surface area contributed by atoms with E-state index in [1.165, 1.54) is 7.11 Å². The first-order valence-corrected chi connectivity index (χ1v) is 11.0. The number of methoxy groups -OCH3 is 1. The molecule has 4 rings (SSSR count). The molecule has 0 aliphatic carbocycles. The molecule has 0 atom stereocenters. The predicted molar refractivity (Wildman–Crippen MR) is 129 cm³/mol. The van der Waals surface area contributed by atoms with Crippen LogP contribution in [0.3, 0.4) is 0 Å². The lowest BCUT2D eigenvalue weighted by molar-refractivity contribution is 0.0664. The number of hydrogen-bond donors (Lipinski definition) is 1. The van der Waals surface area contributed by atoms with Crippen LogP contribution in [-0.2, 0) is 0 Å². The van der Waals surface area contributed by atoms with Gasteiger partial charge in [0.1, 0.15) is 5.75 Å². The van der Waals surface area contributed by atoms with Gasteiger partial charge in [0, 0.05) is 37.3 Å². The summed E-state index contributed by atoms with van der Waals surface area (Å²) in [6.07, 6.45) is 0. The van der Waals surface area contributed by atoms with Crippen LogP contribution in [0, 0.1) is 6.92 Å². The molecule has 2 amide bonds. The van der Waals surface area contributed by atoms with E-state index in [0.29, 0.717) is 41.3 Å². The molecular formula is C26H28N4O3. The van der Waals surface area contributed by atoms with E-state index in [2.05, 4.69) is 15.2 Å². The fourth-order valence-electron chi connectivity index (χ4n) is 3.89. The van der Waals surface area contributed by atoms with Crippen molar-refractivity contribution in [3.8, 4) is 17.0 Å². The van der Waals surface area contributed by atoms with Gasteiger partial charge in [-0.05, 0) is 44.3 Å². The lowest BCUT2D eigenvalue weighted by atomic mass is 10.1. The molecule has 7 nitrogen and oxygen atoms in total. The Morgan fingerprint density at radius 2 is 1.70 bits per heavy atom. The molecule has 2 heterocycles. The van der Waals surface area contributed by atoms with E-state index >= 15 is 0 Å². The number of nitrogens with zero attached hydrogens (tertiary/aromatic N) is 3. The summed E-state index contributed by atoms with van der Waals surface area (Å²) in [6, 6.07) is 18.6. The zero-order chi connectivity index (χ0) is 23.4. The van der Waals surface area contributed by atoms with Crippen molar-refractivity contribution in [3.63, 3.8) is 0 Å². The summed E-state index contributed by atoms with van der Waals surface area (Å²) in [7, 11) is 3.58. The van der Waals surface area contributed by atoms with E-state index in [1.807, 2.05) is 55.3 Å². The number of piperazine rings is 1. The van der Waals surface area contributed by atoms with Crippen LogP contribution in [0.1, 0.15) is 26.4 Å². The first kappa shape index (κ1) is 22.5. The third-order valence-corrected chi connectivity index (χ3v) is 5.89. The number of amides is 2. The molecular weight excluding hydrogens is 416 g/mol. The third-order valence-electron chi connectivity index (χ3n) is 5.89. The van der Waals surface area contributed by atoms with E-state index in [0.717, 1.165) is 24.3 Å². The average Bonchev–Trinajstić information content (AvgIpc) is 2.84. The van der Waals surface area contributed by atoms with Crippen molar-refractivity contribution in [2.45, 2.75) is 6.92 Å². The average molecular weight is 445 g/mol. The molecule has 170 valence electrons. The molecule has 2 aromatic carbocycles. The monoisotopic (exact) mass is 444 g/mol. The number of aromatic nitrogens is 1. The first-order chi connectivity index (χ1) is 16.0. The van der Waals surface area contributed by atoms with Crippen LogP contribution in [-0.4, -0.2) is 66.9 Å². The molecule has 1 aliphatic rings. The Hall–Kier alpha value is -3.71. The molecule has 7 heteroatoms. The summed E-state index contributed by atoms with van der Waals surface area (Å²) >= 11 is 0. The summed E-state index contributed by atoms with van der Waals surface area (Å²) in [5.74, 6) is 0.137. The number of pyridine rings is 1. The maximum atomic E-state index is 13.1. The Bertz CT molecular complexity index is 1160. The summed E-state index contributed by atoms with van der Waals surface area (Å²) in [5.41, 5.74) is 3.86. The number of hydrogen-bond acceptors (Lipinski definition) is 5. The second-order valence-corrected chi connectivity index (χ2v) is 8.16. The van der Waals surface area contributed by atoms with E-state index in [9.17, 15) is 9.59 Å². The molecule has 33 heavy (non-hydrogen) atoms.